The number of aromatic nitrogens is 2. The first-order valence-corrected chi connectivity index (χ1v) is 13.7. The van der Waals surface area contributed by atoms with Gasteiger partial charge in [0.2, 0.25) is 0 Å². The van der Waals surface area contributed by atoms with Crippen LogP contribution in [-0.2, 0) is 16.1 Å². The van der Waals surface area contributed by atoms with Crippen LogP contribution in [0, 0.1) is 6.92 Å². The van der Waals surface area contributed by atoms with Gasteiger partial charge in [-0.1, -0.05) is 0 Å². The Bertz CT molecular complexity index is 1400. The molecule has 1 radical (unpaired) electrons. The summed E-state index contributed by atoms with van der Waals surface area (Å²) in [5.41, 5.74) is 2.02. The van der Waals surface area contributed by atoms with Crippen LogP contribution in [-0.4, -0.2) is 68.1 Å². The third-order valence-corrected chi connectivity index (χ3v) is 10.0. The minimum absolute atomic E-state index is 0.186. The second-order valence-electron chi connectivity index (χ2n) is 7.86. The third kappa shape index (κ3) is 6.06. The van der Waals surface area contributed by atoms with Gasteiger partial charge in [-0.2, -0.15) is 13.2 Å². The van der Waals surface area contributed by atoms with E-state index in [4.69, 9.17) is 11.6 Å². The predicted molar refractivity (Wildman–Crippen MR) is 134 cm³/mol. The van der Waals surface area contributed by atoms with Crippen LogP contribution in [0.15, 0.2) is 29.8 Å². The summed E-state index contributed by atoms with van der Waals surface area (Å²) in [6, 6.07) is 4.60. The summed E-state index contributed by atoms with van der Waals surface area (Å²) in [6.45, 7) is 0.809. The molecule has 37 heavy (non-hydrogen) atoms. The van der Waals surface area contributed by atoms with Crippen LogP contribution < -0.4 is 24.8 Å². The molecule has 0 unspecified atom stereocenters. The summed E-state index contributed by atoms with van der Waals surface area (Å²) in [4.78, 5) is 45.8. The van der Waals surface area contributed by atoms with Gasteiger partial charge in [0, 0.05) is 0 Å². The molecule has 1 aliphatic heterocycles. The SMILES string of the molecule is CNC(=O)c1scc(C)c1[As]c1nc(Nc2ccc3c(c2)NC(=O)CN(C(=O)C(F)(F)F)C3)ncc1Cl. The Hall–Kier alpha value is -3.15. The monoisotopic (exact) mass is 613 g/mol. The zero-order valence-corrected chi connectivity index (χ0v) is 22.7. The molecule has 0 saturated carbocycles. The van der Waals surface area contributed by atoms with Crippen molar-refractivity contribution >= 4 is 82.6 Å². The predicted octanol–water partition coefficient (Wildman–Crippen LogP) is 2.10. The maximum atomic E-state index is 12.9. The van der Waals surface area contributed by atoms with E-state index in [0.29, 0.717) is 30.5 Å². The van der Waals surface area contributed by atoms with Crippen LogP contribution >= 0.6 is 22.9 Å². The molecular weight excluding hydrogens is 596 g/mol. The number of hydrogen-bond acceptors (Lipinski definition) is 7. The number of anilines is 3. The molecule has 3 N–H and O–H groups in total. The molecule has 15 heteroatoms. The van der Waals surface area contributed by atoms with Gasteiger partial charge in [0.15, 0.2) is 0 Å². The molecular formula is C22H18AsClF3N6O3S. The zero-order chi connectivity index (χ0) is 26.9. The van der Waals surface area contributed by atoms with Crippen molar-refractivity contribution in [1.29, 1.82) is 0 Å². The van der Waals surface area contributed by atoms with E-state index in [9.17, 15) is 27.6 Å². The number of nitrogens with one attached hydrogen (secondary N) is 3. The molecule has 0 bridgehead atoms. The van der Waals surface area contributed by atoms with E-state index in [1.165, 1.54) is 29.7 Å². The van der Waals surface area contributed by atoms with Crippen molar-refractivity contribution in [2.75, 3.05) is 24.2 Å². The fraction of sp³-hybridized carbons (Fsp3) is 0.227. The molecule has 4 rings (SSSR count). The summed E-state index contributed by atoms with van der Waals surface area (Å²) in [5, 5.41) is 10.4. The van der Waals surface area contributed by atoms with Crippen molar-refractivity contribution in [2.24, 2.45) is 0 Å². The molecule has 1 aromatic carbocycles. The first-order chi connectivity index (χ1) is 17.5. The molecule has 0 saturated heterocycles. The quantitative estimate of drug-likeness (QED) is 0.380. The van der Waals surface area contributed by atoms with E-state index < -0.39 is 40.3 Å². The molecule has 193 valence electrons. The van der Waals surface area contributed by atoms with Gasteiger partial charge in [-0.3, -0.25) is 0 Å². The summed E-state index contributed by atoms with van der Waals surface area (Å²) in [5.74, 6) is -2.81. The Labute approximate surface area is 224 Å². The Morgan fingerprint density at radius 3 is 2.73 bits per heavy atom. The van der Waals surface area contributed by atoms with Crippen molar-refractivity contribution in [3.63, 3.8) is 0 Å². The Balaban J connectivity index is 1.57. The average Bonchev–Trinajstić information content (AvgIpc) is 3.10. The van der Waals surface area contributed by atoms with Crippen LogP contribution in [0.1, 0.15) is 20.8 Å². The molecule has 0 fully saturated rings. The van der Waals surface area contributed by atoms with Crippen LogP contribution in [0.3, 0.4) is 0 Å². The maximum absolute atomic E-state index is 12.9. The molecule has 9 nitrogen and oxygen atoms in total. The van der Waals surface area contributed by atoms with E-state index in [1.54, 1.807) is 13.1 Å². The Kier molecular flexibility index (Phi) is 7.77. The van der Waals surface area contributed by atoms with Crippen molar-refractivity contribution < 1.29 is 27.6 Å². The van der Waals surface area contributed by atoms with Crippen molar-refractivity contribution in [1.82, 2.24) is 20.2 Å². The number of carbonyl (C=O) groups excluding carboxylic acids is 3. The number of nitrogens with zero attached hydrogens (tertiary/aromatic N) is 3. The minimum atomic E-state index is -5.08. The number of amides is 3. The Morgan fingerprint density at radius 1 is 1.27 bits per heavy atom. The van der Waals surface area contributed by atoms with Crippen LogP contribution in [0.4, 0.5) is 30.5 Å². The number of rotatable bonds is 5. The van der Waals surface area contributed by atoms with E-state index in [1.807, 2.05) is 12.3 Å². The number of hydrogen-bond donors (Lipinski definition) is 3. The summed E-state index contributed by atoms with van der Waals surface area (Å²) >= 11 is 6.94. The van der Waals surface area contributed by atoms with Gasteiger partial charge in [0.1, 0.15) is 0 Å². The van der Waals surface area contributed by atoms with Gasteiger partial charge in [0.05, 0.1) is 0 Å². The van der Waals surface area contributed by atoms with Gasteiger partial charge in [0.25, 0.3) is 0 Å². The molecule has 3 amide bonds. The molecule has 3 heterocycles. The van der Waals surface area contributed by atoms with Crippen LogP contribution in [0.2, 0.25) is 5.02 Å². The first-order valence-electron chi connectivity index (χ1n) is 10.6. The number of benzene rings is 1. The first kappa shape index (κ1) is 26.9. The average molecular weight is 614 g/mol. The van der Waals surface area contributed by atoms with Crippen molar-refractivity contribution in [3.8, 4) is 0 Å². The van der Waals surface area contributed by atoms with Crippen molar-refractivity contribution in [3.05, 3.63) is 50.8 Å². The van der Waals surface area contributed by atoms with Crippen LogP contribution in [0.5, 0.6) is 0 Å². The normalized spacial score (nSPS) is 13.8. The summed E-state index contributed by atoms with van der Waals surface area (Å²) in [6.07, 6.45) is -3.64. The number of halogens is 4. The third-order valence-electron chi connectivity index (χ3n) is 5.18. The topological polar surface area (TPSA) is 116 Å². The van der Waals surface area contributed by atoms with Gasteiger partial charge in [-0.15, -0.1) is 0 Å². The van der Waals surface area contributed by atoms with Gasteiger partial charge >= 0.3 is 212 Å². The summed E-state index contributed by atoms with van der Waals surface area (Å²) in [7, 11) is 1.56. The molecule has 2 aromatic heterocycles. The van der Waals surface area contributed by atoms with E-state index in [-0.39, 0.29) is 24.1 Å². The standard InChI is InChI=1S/C22H18AsClF3N6O3S/c1-10-9-37-17(19(35)28-2)16(10)23-18-13(24)6-29-21(32-18)30-12-4-3-11-7-33(20(36)22(25,26)27)8-15(34)31-14(11)5-12/h3-6,9H,7-8H2,1-2H3,(H,28,35)(H,31,34)(H,29,30,32). The van der Waals surface area contributed by atoms with Gasteiger partial charge < -0.3 is 0 Å². The number of fused-ring (bicyclic) bond motifs is 1. The number of carbonyl (C=O) groups is 3. The number of aryl methyl sites for hydroxylation is 1. The number of thiophene rings is 1. The van der Waals surface area contributed by atoms with E-state index in [0.717, 1.165) is 9.91 Å². The van der Waals surface area contributed by atoms with Gasteiger partial charge in [-0.25, -0.2) is 0 Å². The molecule has 0 atom stereocenters. The van der Waals surface area contributed by atoms with Crippen LogP contribution in [0.25, 0.3) is 0 Å². The second-order valence-corrected chi connectivity index (χ2v) is 11.4. The second kappa shape index (κ2) is 10.7. The van der Waals surface area contributed by atoms with Crippen molar-refractivity contribution in [2.45, 2.75) is 19.6 Å². The zero-order valence-electron chi connectivity index (χ0n) is 19.2. The Morgan fingerprint density at radius 2 is 2.03 bits per heavy atom. The molecule has 0 spiro atoms. The van der Waals surface area contributed by atoms with E-state index >= 15 is 0 Å². The molecule has 3 aromatic rings. The summed E-state index contributed by atoms with van der Waals surface area (Å²) < 4.78 is 40.1. The fourth-order valence-electron chi connectivity index (χ4n) is 3.44. The number of alkyl halides is 3. The van der Waals surface area contributed by atoms with Gasteiger partial charge in [-0.05, 0) is 0 Å². The molecule has 1 aliphatic rings. The molecule has 0 aliphatic carbocycles. The fourth-order valence-corrected chi connectivity index (χ4v) is 7.43. The van der Waals surface area contributed by atoms with E-state index in [2.05, 4.69) is 25.9 Å².